The van der Waals surface area contributed by atoms with Gasteiger partial charge >= 0.3 is 0 Å². The van der Waals surface area contributed by atoms with Crippen molar-refractivity contribution >= 4 is 15.9 Å². The Hall–Kier alpha value is -1.76. The van der Waals surface area contributed by atoms with E-state index in [1.165, 1.54) is 13.3 Å². The topological polar surface area (TPSA) is 44.1 Å². The average molecular weight is 317 g/mol. The summed E-state index contributed by atoms with van der Waals surface area (Å²) in [6.45, 7) is 0. The van der Waals surface area contributed by atoms with E-state index in [4.69, 9.17) is 4.74 Å². The molecular formula is C11H7BrF2N2O2. The fraction of sp³-hybridized carbons (Fsp3) is 0.0909. The minimum Gasteiger partial charge on any atom is -0.491 e. The van der Waals surface area contributed by atoms with Crippen molar-refractivity contribution in [3.63, 3.8) is 0 Å². The number of hydrogen-bond donors (Lipinski definition) is 0. The van der Waals surface area contributed by atoms with Crippen molar-refractivity contribution < 1.29 is 13.5 Å². The van der Waals surface area contributed by atoms with E-state index in [2.05, 4.69) is 21.0 Å². The number of aromatic nitrogens is 2. The van der Waals surface area contributed by atoms with Gasteiger partial charge < -0.3 is 4.74 Å². The Labute approximate surface area is 109 Å². The van der Waals surface area contributed by atoms with Crippen molar-refractivity contribution in [2.45, 2.75) is 0 Å². The van der Waals surface area contributed by atoms with Crippen molar-refractivity contribution in [2.24, 2.45) is 0 Å². The molecule has 18 heavy (non-hydrogen) atoms. The summed E-state index contributed by atoms with van der Waals surface area (Å²) in [5, 5.41) is 3.69. The van der Waals surface area contributed by atoms with E-state index in [0.29, 0.717) is 0 Å². The monoisotopic (exact) mass is 316 g/mol. The van der Waals surface area contributed by atoms with Crippen LogP contribution in [-0.2, 0) is 0 Å². The third-order valence-electron chi connectivity index (χ3n) is 2.24. The van der Waals surface area contributed by atoms with Gasteiger partial charge in [-0.15, -0.1) is 0 Å². The highest BCUT2D eigenvalue weighted by Gasteiger charge is 2.11. The second-order valence-corrected chi connectivity index (χ2v) is 4.22. The fourth-order valence-corrected chi connectivity index (χ4v) is 1.67. The minimum atomic E-state index is -0.679. The average Bonchev–Trinajstić information content (AvgIpc) is 2.35. The van der Waals surface area contributed by atoms with Crippen molar-refractivity contribution in [3.8, 4) is 11.4 Å². The number of nitrogens with zero attached hydrogens (tertiary/aromatic N) is 2. The molecule has 0 spiro atoms. The second kappa shape index (κ2) is 4.85. The normalized spacial score (nSPS) is 10.4. The Morgan fingerprint density at radius 3 is 2.72 bits per heavy atom. The Morgan fingerprint density at radius 2 is 2.06 bits per heavy atom. The molecule has 2 rings (SSSR count). The zero-order chi connectivity index (χ0) is 13.3. The van der Waals surface area contributed by atoms with Crippen molar-refractivity contribution in [1.29, 1.82) is 0 Å². The van der Waals surface area contributed by atoms with Gasteiger partial charge in [0.05, 0.1) is 24.0 Å². The molecule has 0 aliphatic carbocycles. The highest BCUT2D eigenvalue weighted by molar-refractivity contribution is 9.10. The van der Waals surface area contributed by atoms with E-state index < -0.39 is 17.1 Å². The molecule has 0 radical (unpaired) electrons. The van der Waals surface area contributed by atoms with Gasteiger partial charge in [0.2, 0.25) is 5.43 Å². The third kappa shape index (κ3) is 2.26. The van der Waals surface area contributed by atoms with Gasteiger partial charge in [-0.05, 0) is 22.0 Å². The number of benzene rings is 1. The van der Waals surface area contributed by atoms with Crippen LogP contribution in [0.4, 0.5) is 8.78 Å². The molecule has 0 N–H and O–H groups in total. The summed E-state index contributed by atoms with van der Waals surface area (Å²) in [4.78, 5) is 11.3. The van der Waals surface area contributed by atoms with Gasteiger partial charge in [0.25, 0.3) is 0 Å². The van der Waals surface area contributed by atoms with Gasteiger partial charge in [-0.2, -0.15) is 5.10 Å². The van der Waals surface area contributed by atoms with Crippen LogP contribution in [0.2, 0.25) is 0 Å². The van der Waals surface area contributed by atoms with E-state index >= 15 is 0 Å². The molecule has 7 heteroatoms. The Balaban J connectivity index is 2.62. The van der Waals surface area contributed by atoms with Crippen LogP contribution in [0.1, 0.15) is 0 Å². The van der Waals surface area contributed by atoms with Gasteiger partial charge in [0.1, 0.15) is 17.3 Å². The first-order valence-electron chi connectivity index (χ1n) is 4.81. The van der Waals surface area contributed by atoms with E-state index in [1.807, 2.05) is 0 Å². The molecule has 0 amide bonds. The van der Waals surface area contributed by atoms with Crippen LogP contribution in [0.15, 0.2) is 33.8 Å². The van der Waals surface area contributed by atoms with Gasteiger partial charge in [0, 0.05) is 6.07 Å². The molecule has 0 fully saturated rings. The molecule has 4 nitrogen and oxygen atoms in total. The van der Waals surface area contributed by atoms with Gasteiger partial charge in [-0.25, -0.2) is 13.5 Å². The largest absolute Gasteiger partial charge is 0.491 e. The molecule has 0 unspecified atom stereocenters. The number of halogens is 3. The lowest BCUT2D eigenvalue weighted by Gasteiger charge is -2.08. The number of ether oxygens (including phenoxy) is 1. The Kier molecular flexibility index (Phi) is 3.42. The molecular weight excluding hydrogens is 310 g/mol. The molecule has 0 bridgehead atoms. The molecule has 2 aromatic rings. The lowest BCUT2D eigenvalue weighted by atomic mass is 10.3. The molecule has 0 aliphatic rings. The van der Waals surface area contributed by atoms with Gasteiger partial charge in [-0.3, -0.25) is 4.79 Å². The summed E-state index contributed by atoms with van der Waals surface area (Å²) >= 11 is 2.87. The summed E-state index contributed by atoms with van der Waals surface area (Å²) < 4.78 is 32.9. The van der Waals surface area contributed by atoms with Crippen LogP contribution >= 0.6 is 15.9 Å². The number of hydrogen-bond acceptors (Lipinski definition) is 3. The van der Waals surface area contributed by atoms with Crippen LogP contribution in [0.3, 0.4) is 0 Å². The van der Waals surface area contributed by atoms with Crippen LogP contribution in [0.5, 0.6) is 5.75 Å². The summed E-state index contributed by atoms with van der Waals surface area (Å²) in [6.07, 6.45) is 2.16. The van der Waals surface area contributed by atoms with E-state index in [1.54, 1.807) is 0 Å². The maximum Gasteiger partial charge on any atom is 0.241 e. The lowest BCUT2D eigenvalue weighted by molar-refractivity contribution is 0.404. The van der Waals surface area contributed by atoms with E-state index in [-0.39, 0.29) is 15.9 Å². The van der Waals surface area contributed by atoms with Crippen LogP contribution < -0.4 is 10.2 Å². The molecule has 0 aliphatic heterocycles. The summed E-state index contributed by atoms with van der Waals surface area (Å²) in [5.74, 6) is -1.32. The predicted octanol–water partition coefficient (Wildman–Crippen LogP) is 2.28. The smallest absolute Gasteiger partial charge is 0.241 e. The lowest BCUT2D eigenvalue weighted by Crippen LogP contribution is -2.12. The van der Waals surface area contributed by atoms with Gasteiger partial charge in [0.15, 0.2) is 5.75 Å². The van der Waals surface area contributed by atoms with Crippen molar-refractivity contribution in [3.05, 3.63) is 50.9 Å². The molecule has 0 saturated heterocycles. The predicted molar refractivity (Wildman–Crippen MR) is 64.0 cm³/mol. The van der Waals surface area contributed by atoms with E-state index in [9.17, 15) is 13.6 Å². The molecule has 0 saturated carbocycles. The Bertz CT molecular complexity index is 658. The number of methoxy groups -OCH3 is 1. The molecule has 1 aromatic heterocycles. The highest BCUT2D eigenvalue weighted by Crippen LogP contribution is 2.22. The molecule has 0 atom stereocenters. The van der Waals surface area contributed by atoms with Crippen LogP contribution in [0.25, 0.3) is 5.69 Å². The van der Waals surface area contributed by atoms with E-state index in [0.717, 1.165) is 23.0 Å². The fourth-order valence-electron chi connectivity index (χ4n) is 1.36. The first-order valence-corrected chi connectivity index (χ1v) is 5.60. The quantitative estimate of drug-likeness (QED) is 0.798. The van der Waals surface area contributed by atoms with Crippen molar-refractivity contribution in [1.82, 2.24) is 9.78 Å². The maximum atomic E-state index is 13.7. The Morgan fingerprint density at radius 1 is 1.33 bits per heavy atom. The summed E-state index contributed by atoms with van der Waals surface area (Å²) in [6, 6.07) is 1.95. The second-order valence-electron chi connectivity index (χ2n) is 3.37. The van der Waals surface area contributed by atoms with Gasteiger partial charge in [-0.1, -0.05) is 0 Å². The first-order chi connectivity index (χ1) is 8.52. The standard InChI is InChI=1S/C11H7BrF2N2O2/c1-18-11-5-16(15-4-10(11)17)9-3-7(13)6(12)2-8(9)14/h2-5H,1H3. The molecule has 94 valence electrons. The molecule has 1 heterocycles. The third-order valence-corrected chi connectivity index (χ3v) is 2.85. The number of rotatable bonds is 2. The van der Waals surface area contributed by atoms with Crippen LogP contribution in [0, 0.1) is 11.6 Å². The summed E-state index contributed by atoms with van der Waals surface area (Å²) in [5.41, 5.74) is -0.555. The first kappa shape index (κ1) is 12.7. The SMILES string of the molecule is COc1cn(-c2cc(F)c(Br)cc2F)ncc1=O. The van der Waals surface area contributed by atoms with Crippen molar-refractivity contribution in [2.75, 3.05) is 7.11 Å². The highest BCUT2D eigenvalue weighted by atomic mass is 79.9. The zero-order valence-electron chi connectivity index (χ0n) is 9.15. The molecule has 1 aromatic carbocycles. The van der Waals surface area contributed by atoms with Crippen LogP contribution in [-0.4, -0.2) is 16.9 Å². The minimum absolute atomic E-state index is 0.00673. The zero-order valence-corrected chi connectivity index (χ0v) is 10.7. The maximum absolute atomic E-state index is 13.7. The summed E-state index contributed by atoms with van der Waals surface area (Å²) in [7, 11) is 1.31.